The number of fused-ring (bicyclic) bond motifs is 1. The molecule has 9 nitrogen and oxygen atoms in total. The van der Waals surface area contributed by atoms with Gasteiger partial charge in [0.25, 0.3) is 0 Å². The molecule has 0 radical (unpaired) electrons. The lowest BCUT2D eigenvalue weighted by molar-refractivity contribution is -0.111. The number of benzene rings is 1. The van der Waals surface area contributed by atoms with Gasteiger partial charge in [-0.3, -0.25) is 4.79 Å². The number of rotatable bonds is 8. The zero-order valence-corrected chi connectivity index (χ0v) is 19.0. The fourth-order valence-corrected chi connectivity index (χ4v) is 3.95. The summed E-state index contributed by atoms with van der Waals surface area (Å²) >= 11 is 0. The molecule has 1 aliphatic heterocycles. The number of nitrogens with one attached hydrogen (secondary N) is 4. The number of aliphatic hydroxyl groups is 1. The van der Waals surface area contributed by atoms with Gasteiger partial charge in [-0.05, 0) is 43.2 Å². The second kappa shape index (κ2) is 10.0. The summed E-state index contributed by atoms with van der Waals surface area (Å²) in [6.45, 7) is 9.88. The highest BCUT2D eigenvalue weighted by atomic mass is 16.3. The Bertz CT molecular complexity index is 1140. The molecule has 5 N–H and O–H groups in total. The highest BCUT2D eigenvalue weighted by molar-refractivity contribution is 5.99. The maximum Gasteiger partial charge on any atom is 0.247 e. The van der Waals surface area contributed by atoms with Gasteiger partial charge in [0.1, 0.15) is 11.6 Å². The van der Waals surface area contributed by atoms with Crippen molar-refractivity contribution in [3.8, 4) is 0 Å². The molecular formula is C24H31N7O2. The molecular weight excluding hydrogens is 418 g/mol. The van der Waals surface area contributed by atoms with E-state index in [1.54, 1.807) is 4.52 Å². The first kappa shape index (κ1) is 22.8. The van der Waals surface area contributed by atoms with Gasteiger partial charge in [0.15, 0.2) is 5.65 Å². The first-order chi connectivity index (χ1) is 15.9. The van der Waals surface area contributed by atoms with Crippen LogP contribution in [0.5, 0.6) is 0 Å². The first-order valence-corrected chi connectivity index (χ1v) is 11.3. The van der Waals surface area contributed by atoms with Crippen molar-refractivity contribution in [3.63, 3.8) is 0 Å². The van der Waals surface area contributed by atoms with E-state index in [1.165, 1.54) is 6.08 Å². The lowest BCUT2D eigenvalue weighted by Crippen LogP contribution is -2.43. The number of β-amino-alcohol motifs (C(OH)–C–C–N with tert-alkyl or cyclic N) is 1. The number of hydrogen-bond acceptors (Lipinski definition) is 7. The highest BCUT2D eigenvalue weighted by Gasteiger charge is 2.23. The molecule has 0 spiro atoms. The predicted octanol–water partition coefficient (Wildman–Crippen LogP) is 3.10. The maximum atomic E-state index is 11.7. The van der Waals surface area contributed by atoms with Crippen LogP contribution in [0, 0.1) is 5.92 Å². The Balaban J connectivity index is 1.63. The average Bonchev–Trinajstić information content (AvgIpc) is 3.23. The normalized spacial score (nSPS) is 18.3. The highest BCUT2D eigenvalue weighted by Crippen LogP contribution is 2.27. The molecule has 1 amide bonds. The Labute approximate surface area is 193 Å². The van der Waals surface area contributed by atoms with Crippen LogP contribution in [0.4, 0.5) is 23.0 Å². The number of nitrogens with zero attached hydrogens (tertiary/aromatic N) is 3. The summed E-state index contributed by atoms with van der Waals surface area (Å²) in [6.07, 6.45) is 3.62. The molecule has 2 atom stereocenters. The summed E-state index contributed by atoms with van der Waals surface area (Å²) in [5, 5.41) is 27.6. The van der Waals surface area contributed by atoms with Crippen LogP contribution < -0.4 is 21.3 Å². The SMILES string of the molecule is C=CC(=O)Nc1cccc(Nc2cc(NC[C@H]3CCNC[C@@H]3O)nc3c(C(C)C)cnn23)c1. The van der Waals surface area contributed by atoms with Crippen LogP contribution >= 0.6 is 0 Å². The Kier molecular flexibility index (Phi) is 6.90. The van der Waals surface area contributed by atoms with Crippen molar-refractivity contribution in [1.29, 1.82) is 0 Å². The van der Waals surface area contributed by atoms with Crippen molar-refractivity contribution in [2.45, 2.75) is 32.3 Å². The monoisotopic (exact) mass is 449 g/mol. The van der Waals surface area contributed by atoms with E-state index >= 15 is 0 Å². The number of anilines is 4. The molecule has 3 aromatic rings. The summed E-state index contributed by atoms with van der Waals surface area (Å²) in [6, 6.07) is 9.35. The van der Waals surface area contributed by atoms with Crippen LogP contribution in [0.15, 0.2) is 49.2 Å². The summed E-state index contributed by atoms with van der Waals surface area (Å²) in [5.74, 6) is 1.63. The largest absolute Gasteiger partial charge is 0.391 e. The molecule has 1 aliphatic rings. The number of aliphatic hydroxyl groups excluding tert-OH is 1. The van der Waals surface area contributed by atoms with Gasteiger partial charge in [0.05, 0.1) is 12.3 Å². The van der Waals surface area contributed by atoms with Gasteiger partial charge in [-0.25, -0.2) is 4.98 Å². The van der Waals surface area contributed by atoms with E-state index in [9.17, 15) is 9.90 Å². The Morgan fingerprint density at radius 1 is 1.36 bits per heavy atom. The number of carbonyl (C=O) groups is 1. The van der Waals surface area contributed by atoms with Crippen LogP contribution in [-0.4, -0.2) is 51.4 Å². The van der Waals surface area contributed by atoms with Gasteiger partial charge < -0.3 is 26.4 Å². The Hall–Kier alpha value is -3.43. The minimum absolute atomic E-state index is 0.167. The molecule has 1 fully saturated rings. The fourth-order valence-electron chi connectivity index (χ4n) is 3.95. The van der Waals surface area contributed by atoms with Gasteiger partial charge in [-0.15, -0.1) is 0 Å². The summed E-state index contributed by atoms with van der Waals surface area (Å²) in [4.78, 5) is 16.5. The molecule has 3 heterocycles. The van der Waals surface area contributed by atoms with Gasteiger partial charge in [0, 0.05) is 42.0 Å². The first-order valence-electron chi connectivity index (χ1n) is 11.3. The molecule has 174 valence electrons. The number of carbonyl (C=O) groups excluding carboxylic acids is 1. The summed E-state index contributed by atoms with van der Waals surface area (Å²) in [7, 11) is 0. The number of piperidine rings is 1. The van der Waals surface area contributed by atoms with Crippen molar-refractivity contribution < 1.29 is 9.90 Å². The van der Waals surface area contributed by atoms with Gasteiger partial charge in [0.2, 0.25) is 5.91 Å². The Morgan fingerprint density at radius 3 is 2.94 bits per heavy atom. The van der Waals surface area contributed by atoms with Gasteiger partial charge >= 0.3 is 0 Å². The van der Waals surface area contributed by atoms with E-state index in [1.807, 2.05) is 36.5 Å². The quantitative estimate of drug-likeness (QED) is 0.336. The Morgan fingerprint density at radius 2 is 2.18 bits per heavy atom. The second-order valence-electron chi connectivity index (χ2n) is 8.62. The van der Waals surface area contributed by atoms with Crippen molar-refractivity contribution >= 4 is 34.6 Å². The maximum absolute atomic E-state index is 11.7. The van der Waals surface area contributed by atoms with Crippen molar-refractivity contribution in [2.24, 2.45) is 5.92 Å². The minimum atomic E-state index is -0.373. The molecule has 0 unspecified atom stereocenters. The molecule has 33 heavy (non-hydrogen) atoms. The smallest absolute Gasteiger partial charge is 0.247 e. The standard InChI is InChI=1S/C24H31N7O2/c1-4-23(33)29-18-7-5-6-17(10-18)28-22-11-21(26-12-16-8-9-25-14-20(16)32)30-24-19(15(2)3)13-27-31(22)24/h4-7,10-11,13,15-16,20,25,28,32H,1,8-9,12,14H2,2-3H3,(H,26,30)(H,29,33)/t16-,20+/m1/s1. The number of hydrogen-bond donors (Lipinski definition) is 5. The third kappa shape index (κ3) is 5.32. The van der Waals surface area contributed by atoms with Crippen molar-refractivity contribution in [2.75, 3.05) is 35.6 Å². The van der Waals surface area contributed by atoms with E-state index in [-0.39, 0.29) is 23.8 Å². The van der Waals surface area contributed by atoms with Crippen LogP contribution in [0.2, 0.25) is 0 Å². The van der Waals surface area contributed by atoms with E-state index in [0.717, 1.165) is 35.7 Å². The molecule has 4 rings (SSSR count). The van der Waals surface area contributed by atoms with E-state index in [0.29, 0.717) is 24.6 Å². The molecule has 1 saturated heterocycles. The third-order valence-corrected chi connectivity index (χ3v) is 5.84. The van der Waals surface area contributed by atoms with Crippen molar-refractivity contribution in [1.82, 2.24) is 19.9 Å². The second-order valence-corrected chi connectivity index (χ2v) is 8.62. The van der Waals surface area contributed by atoms with Gasteiger partial charge in [-0.2, -0.15) is 9.61 Å². The minimum Gasteiger partial charge on any atom is -0.391 e. The van der Waals surface area contributed by atoms with Crippen molar-refractivity contribution in [3.05, 3.63) is 54.7 Å². The molecule has 0 bridgehead atoms. The zero-order valence-electron chi connectivity index (χ0n) is 19.0. The number of aromatic nitrogens is 3. The summed E-state index contributed by atoms with van der Waals surface area (Å²) < 4.78 is 1.79. The predicted molar refractivity (Wildman–Crippen MR) is 131 cm³/mol. The number of amides is 1. The summed E-state index contributed by atoms with van der Waals surface area (Å²) in [5.41, 5.74) is 3.29. The topological polar surface area (TPSA) is 116 Å². The van der Waals surface area contributed by atoms with E-state index in [2.05, 4.69) is 46.8 Å². The third-order valence-electron chi connectivity index (χ3n) is 5.84. The van der Waals surface area contributed by atoms with Crippen LogP contribution in [0.25, 0.3) is 5.65 Å². The molecule has 9 heteroatoms. The molecule has 0 aliphatic carbocycles. The van der Waals surface area contributed by atoms with Crippen LogP contribution in [-0.2, 0) is 4.79 Å². The van der Waals surface area contributed by atoms with E-state index < -0.39 is 0 Å². The molecule has 0 saturated carbocycles. The molecule has 2 aromatic heterocycles. The lowest BCUT2D eigenvalue weighted by Gasteiger charge is -2.28. The zero-order chi connectivity index (χ0) is 23.4. The van der Waals surface area contributed by atoms with Crippen LogP contribution in [0.3, 0.4) is 0 Å². The van der Waals surface area contributed by atoms with E-state index in [4.69, 9.17) is 4.98 Å². The van der Waals surface area contributed by atoms with Gasteiger partial charge in [-0.1, -0.05) is 26.5 Å². The average molecular weight is 450 g/mol. The molecule has 1 aromatic carbocycles. The fraction of sp³-hybridized carbons (Fsp3) is 0.375. The lowest BCUT2D eigenvalue weighted by atomic mass is 9.95. The van der Waals surface area contributed by atoms with Crippen LogP contribution in [0.1, 0.15) is 31.7 Å².